The predicted octanol–water partition coefficient (Wildman–Crippen LogP) is 5.69. The van der Waals surface area contributed by atoms with Crippen LogP contribution in [0.1, 0.15) is 33.3 Å². The molecule has 0 aliphatic rings. The number of hydrogen-bond donors (Lipinski definition) is 0. The molecule has 0 aliphatic heterocycles. The zero-order valence-electron chi connectivity index (χ0n) is 14.7. The van der Waals surface area contributed by atoms with Crippen molar-refractivity contribution in [1.82, 2.24) is 0 Å². The van der Waals surface area contributed by atoms with Crippen LogP contribution in [0.5, 0.6) is 0 Å². The van der Waals surface area contributed by atoms with Crippen molar-refractivity contribution in [2.75, 3.05) is 0 Å². The molecule has 0 saturated carbocycles. The summed E-state index contributed by atoms with van der Waals surface area (Å²) >= 11 is 0. The molecule has 22 heavy (non-hydrogen) atoms. The molecule has 0 aliphatic carbocycles. The minimum atomic E-state index is 1.26. The number of rotatable bonds is 1. The van der Waals surface area contributed by atoms with Gasteiger partial charge in [-0.15, -0.1) is 0 Å². The number of hydrogen-bond acceptors (Lipinski definition) is 0. The van der Waals surface area contributed by atoms with Gasteiger partial charge in [-0.2, -0.15) is 4.57 Å². The summed E-state index contributed by atoms with van der Waals surface area (Å²) in [7, 11) is 2.13. The van der Waals surface area contributed by atoms with Crippen molar-refractivity contribution in [3.05, 3.63) is 66.2 Å². The summed E-state index contributed by atoms with van der Waals surface area (Å²) in [5, 5.41) is 1.28. The van der Waals surface area contributed by atoms with Crippen molar-refractivity contribution >= 4 is 10.9 Å². The minimum Gasteiger partial charge on any atom is -0.194 e. The van der Waals surface area contributed by atoms with Gasteiger partial charge in [0.1, 0.15) is 7.05 Å². The lowest BCUT2D eigenvalue weighted by atomic mass is 10.0. The van der Waals surface area contributed by atoms with Crippen molar-refractivity contribution in [1.29, 1.82) is 0 Å². The quantitative estimate of drug-likeness (QED) is 0.507. The summed E-state index contributed by atoms with van der Waals surface area (Å²) in [6.45, 7) is 10.2. The minimum absolute atomic E-state index is 1.26. The standard InChI is InChI=1S/C17H16N.2C2H6/c1-13-7-3-5-9-15(13)17-12-11-14-8-4-6-10-16(14)18(17)2;2*1-2/h3-12H,1-2H3;2*1-2H3/q+1;;. The lowest BCUT2D eigenvalue weighted by Gasteiger charge is -2.05. The molecule has 0 fully saturated rings. The molecular weight excluding hydrogens is 266 g/mol. The summed E-state index contributed by atoms with van der Waals surface area (Å²) in [6, 6.07) is 21.4. The van der Waals surface area contributed by atoms with Gasteiger partial charge in [-0.3, -0.25) is 0 Å². The number of nitrogens with zero attached hydrogens (tertiary/aromatic N) is 1. The third kappa shape index (κ3) is 3.73. The fourth-order valence-electron chi connectivity index (χ4n) is 2.47. The average Bonchev–Trinajstić information content (AvgIpc) is 2.60. The first kappa shape index (κ1) is 17.9. The molecule has 1 aromatic heterocycles. The summed E-state index contributed by atoms with van der Waals surface area (Å²) in [5.74, 6) is 0. The molecule has 0 N–H and O–H groups in total. The molecule has 1 heterocycles. The number of fused-ring (bicyclic) bond motifs is 1. The lowest BCUT2D eigenvalue weighted by Crippen LogP contribution is -2.32. The van der Waals surface area contributed by atoms with Gasteiger partial charge < -0.3 is 0 Å². The zero-order valence-corrected chi connectivity index (χ0v) is 14.7. The maximum Gasteiger partial charge on any atom is 0.213 e. The van der Waals surface area contributed by atoms with Crippen molar-refractivity contribution in [3.8, 4) is 11.3 Å². The first-order chi connectivity index (χ1) is 10.8. The average molecular weight is 294 g/mol. The van der Waals surface area contributed by atoms with E-state index >= 15 is 0 Å². The monoisotopic (exact) mass is 294 g/mol. The molecular formula is C21H28N+. The lowest BCUT2D eigenvalue weighted by molar-refractivity contribution is -0.633. The molecule has 0 bridgehead atoms. The first-order valence-electron chi connectivity index (χ1n) is 8.21. The molecule has 0 radical (unpaired) electrons. The number of aromatic nitrogens is 1. The summed E-state index contributed by atoms with van der Waals surface area (Å²) < 4.78 is 2.26. The van der Waals surface area contributed by atoms with Crippen LogP contribution in [0.15, 0.2) is 60.7 Å². The van der Waals surface area contributed by atoms with Gasteiger partial charge in [0, 0.05) is 23.1 Å². The highest BCUT2D eigenvalue weighted by atomic mass is 14.9. The Morgan fingerprint density at radius 3 is 1.95 bits per heavy atom. The van der Waals surface area contributed by atoms with Crippen molar-refractivity contribution in [3.63, 3.8) is 0 Å². The highest BCUT2D eigenvalue weighted by Crippen LogP contribution is 2.21. The number of pyridine rings is 1. The Kier molecular flexibility index (Phi) is 7.31. The highest BCUT2D eigenvalue weighted by molar-refractivity contribution is 5.77. The van der Waals surface area contributed by atoms with Gasteiger partial charge in [-0.25, -0.2) is 0 Å². The van der Waals surface area contributed by atoms with Gasteiger partial charge in [0.05, 0.1) is 0 Å². The van der Waals surface area contributed by atoms with Crippen LogP contribution in [-0.4, -0.2) is 0 Å². The molecule has 0 amide bonds. The Morgan fingerprint density at radius 1 is 0.682 bits per heavy atom. The Labute approximate surface area is 135 Å². The second-order valence-corrected chi connectivity index (χ2v) is 4.65. The Morgan fingerprint density at radius 2 is 1.27 bits per heavy atom. The molecule has 1 nitrogen and oxygen atoms in total. The highest BCUT2D eigenvalue weighted by Gasteiger charge is 2.14. The normalized spacial score (nSPS) is 9.36. The van der Waals surface area contributed by atoms with E-state index in [2.05, 4.69) is 79.2 Å². The topological polar surface area (TPSA) is 3.88 Å². The van der Waals surface area contributed by atoms with Crippen LogP contribution >= 0.6 is 0 Å². The molecule has 0 atom stereocenters. The summed E-state index contributed by atoms with van der Waals surface area (Å²) in [4.78, 5) is 0. The SMILES string of the molecule is CC.CC.Cc1ccccc1-c1ccc2ccccc2[n+]1C. The van der Waals surface area contributed by atoms with E-state index in [0.717, 1.165) is 0 Å². The van der Waals surface area contributed by atoms with E-state index in [-0.39, 0.29) is 0 Å². The molecule has 0 saturated heterocycles. The maximum atomic E-state index is 2.26. The first-order valence-corrected chi connectivity index (χ1v) is 8.21. The van der Waals surface area contributed by atoms with Gasteiger partial charge in [0.15, 0.2) is 0 Å². The fourth-order valence-corrected chi connectivity index (χ4v) is 2.47. The zero-order chi connectivity index (χ0) is 16.5. The predicted molar refractivity (Wildman–Crippen MR) is 98.0 cm³/mol. The second kappa shape index (κ2) is 8.99. The number of aryl methyl sites for hydroxylation is 2. The Hall–Kier alpha value is -2.15. The summed E-state index contributed by atoms with van der Waals surface area (Å²) in [6.07, 6.45) is 0. The molecule has 116 valence electrons. The third-order valence-corrected chi connectivity index (χ3v) is 3.50. The second-order valence-electron chi connectivity index (χ2n) is 4.65. The van der Waals surface area contributed by atoms with E-state index in [0.29, 0.717) is 0 Å². The van der Waals surface area contributed by atoms with Crippen molar-refractivity contribution in [2.24, 2.45) is 7.05 Å². The van der Waals surface area contributed by atoms with Crippen LogP contribution in [0.25, 0.3) is 22.2 Å². The van der Waals surface area contributed by atoms with E-state index in [1.807, 2.05) is 27.7 Å². The van der Waals surface area contributed by atoms with Crippen LogP contribution in [0.4, 0.5) is 0 Å². The molecule has 3 aromatic rings. The van der Waals surface area contributed by atoms with Crippen molar-refractivity contribution in [2.45, 2.75) is 34.6 Å². The smallest absolute Gasteiger partial charge is 0.194 e. The van der Waals surface area contributed by atoms with E-state index in [9.17, 15) is 0 Å². The molecule has 1 heteroatoms. The van der Waals surface area contributed by atoms with Crippen LogP contribution in [0.3, 0.4) is 0 Å². The maximum absolute atomic E-state index is 2.26. The molecule has 0 spiro atoms. The van der Waals surface area contributed by atoms with Crippen molar-refractivity contribution < 1.29 is 4.57 Å². The van der Waals surface area contributed by atoms with Gasteiger partial charge in [0.25, 0.3) is 0 Å². The summed E-state index contributed by atoms with van der Waals surface area (Å²) in [5.41, 5.74) is 5.12. The molecule has 2 aromatic carbocycles. The van der Waals surface area contributed by atoms with E-state index in [1.165, 1.54) is 27.7 Å². The number of para-hydroxylation sites is 1. The van der Waals surface area contributed by atoms with Gasteiger partial charge in [-0.1, -0.05) is 58.0 Å². The van der Waals surface area contributed by atoms with Crippen LogP contribution in [0.2, 0.25) is 0 Å². The third-order valence-electron chi connectivity index (χ3n) is 3.50. The van der Waals surface area contributed by atoms with Gasteiger partial charge >= 0.3 is 0 Å². The van der Waals surface area contributed by atoms with Crippen LogP contribution < -0.4 is 4.57 Å². The van der Waals surface area contributed by atoms with E-state index in [1.54, 1.807) is 0 Å². The van der Waals surface area contributed by atoms with Gasteiger partial charge in [0.2, 0.25) is 11.2 Å². The van der Waals surface area contributed by atoms with Gasteiger partial charge in [-0.05, 0) is 30.7 Å². The Balaban J connectivity index is 0.000000561. The number of benzene rings is 2. The largest absolute Gasteiger partial charge is 0.213 e. The Bertz CT molecular complexity index is 714. The van der Waals surface area contributed by atoms with E-state index in [4.69, 9.17) is 0 Å². The van der Waals surface area contributed by atoms with Crippen LogP contribution in [-0.2, 0) is 7.05 Å². The molecule has 3 rings (SSSR count). The molecule has 0 unspecified atom stereocenters. The fraction of sp³-hybridized carbons (Fsp3) is 0.286. The van der Waals surface area contributed by atoms with E-state index < -0.39 is 0 Å². The van der Waals surface area contributed by atoms with Crippen LogP contribution in [0, 0.1) is 6.92 Å².